The van der Waals surface area contributed by atoms with E-state index in [4.69, 9.17) is 5.11 Å². The van der Waals surface area contributed by atoms with E-state index >= 15 is 0 Å². The third-order valence-corrected chi connectivity index (χ3v) is 3.82. The first-order valence-electron chi connectivity index (χ1n) is 5.99. The van der Waals surface area contributed by atoms with E-state index in [9.17, 15) is 9.18 Å². The third-order valence-electron chi connectivity index (χ3n) is 2.82. The SMILES string of the molecule is O=C(CSc1ccc(F)cc1)N(CCO)C1CC1. The van der Waals surface area contributed by atoms with Crippen LogP contribution in [0.5, 0.6) is 0 Å². The number of halogens is 1. The Bertz CT molecular complexity index is 406. The molecule has 0 radical (unpaired) electrons. The molecule has 1 fully saturated rings. The number of aliphatic hydroxyl groups is 1. The number of aliphatic hydroxyl groups excluding tert-OH is 1. The number of rotatable bonds is 6. The van der Waals surface area contributed by atoms with Gasteiger partial charge in [-0.25, -0.2) is 4.39 Å². The van der Waals surface area contributed by atoms with Crippen molar-refractivity contribution in [2.24, 2.45) is 0 Å². The third kappa shape index (κ3) is 3.71. The maximum Gasteiger partial charge on any atom is 0.233 e. The van der Waals surface area contributed by atoms with Crippen LogP contribution >= 0.6 is 11.8 Å². The van der Waals surface area contributed by atoms with Crippen LogP contribution in [-0.2, 0) is 4.79 Å². The highest BCUT2D eigenvalue weighted by atomic mass is 32.2. The van der Waals surface area contributed by atoms with E-state index in [1.54, 1.807) is 17.0 Å². The number of amides is 1. The molecule has 0 aromatic heterocycles. The molecule has 98 valence electrons. The van der Waals surface area contributed by atoms with Crippen LogP contribution in [0.25, 0.3) is 0 Å². The van der Waals surface area contributed by atoms with E-state index in [1.165, 1.54) is 23.9 Å². The van der Waals surface area contributed by atoms with Crippen molar-refractivity contribution in [1.82, 2.24) is 4.90 Å². The van der Waals surface area contributed by atoms with Crippen LogP contribution in [0.1, 0.15) is 12.8 Å². The fraction of sp³-hybridized carbons (Fsp3) is 0.462. The topological polar surface area (TPSA) is 40.5 Å². The molecule has 1 saturated carbocycles. The van der Waals surface area contributed by atoms with Gasteiger partial charge in [-0.15, -0.1) is 11.8 Å². The summed E-state index contributed by atoms with van der Waals surface area (Å²) in [6.45, 7) is 0.414. The van der Waals surface area contributed by atoms with Crippen molar-refractivity contribution in [3.63, 3.8) is 0 Å². The van der Waals surface area contributed by atoms with E-state index in [2.05, 4.69) is 0 Å². The predicted molar refractivity (Wildman–Crippen MR) is 68.9 cm³/mol. The van der Waals surface area contributed by atoms with Crippen molar-refractivity contribution in [1.29, 1.82) is 0 Å². The zero-order chi connectivity index (χ0) is 13.0. The molecule has 1 aliphatic rings. The minimum Gasteiger partial charge on any atom is -0.395 e. The van der Waals surface area contributed by atoms with Gasteiger partial charge in [-0.1, -0.05) is 0 Å². The summed E-state index contributed by atoms with van der Waals surface area (Å²) in [5.41, 5.74) is 0. The monoisotopic (exact) mass is 269 g/mol. The molecule has 1 amide bonds. The van der Waals surface area contributed by atoms with Gasteiger partial charge in [0.05, 0.1) is 12.4 Å². The second kappa shape index (κ2) is 6.20. The average molecular weight is 269 g/mol. The first-order chi connectivity index (χ1) is 8.70. The lowest BCUT2D eigenvalue weighted by Gasteiger charge is -2.21. The molecule has 1 aromatic carbocycles. The summed E-state index contributed by atoms with van der Waals surface area (Å²) in [6, 6.07) is 6.43. The minimum atomic E-state index is -0.273. The number of thioether (sulfide) groups is 1. The van der Waals surface area contributed by atoms with Crippen molar-refractivity contribution < 1.29 is 14.3 Å². The molecule has 1 aliphatic carbocycles. The lowest BCUT2D eigenvalue weighted by molar-refractivity contribution is -0.129. The molecule has 0 atom stereocenters. The first-order valence-corrected chi connectivity index (χ1v) is 6.98. The number of benzene rings is 1. The molecule has 0 saturated heterocycles. The first kappa shape index (κ1) is 13.4. The van der Waals surface area contributed by atoms with E-state index in [-0.39, 0.29) is 18.3 Å². The fourth-order valence-corrected chi connectivity index (χ4v) is 2.55. The Morgan fingerprint density at radius 1 is 1.39 bits per heavy atom. The molecule has 3 nitrogen and oxygen atoms in total. The molecule has 5 heteroatoms. The second-order valence-corrected chi connectivity index (χ2v) is 5.33. The van der Waals surface area contributed by atoms with Gasteiger partial charge < -0.3 is 10.0 Å². The van der Waals surface area contributed by atoms with Gasteiger partial charge in [0, 0.05) is 17.5 Å². The van der Waals surface area contributed by atoms with Crippen LogP contribution in [0.3, 0.4) is 0 Å². The Balaban J connectivity index is 1.84. The molecule has 2 rings (SSSR count). The molecular formula is C13H16FNO2S. The van der Waals surface area contributed by atoms with Gasteiger partial charge in [-0.05, 0) is 37.1 Å². The summed E-state index contributed by atoms with van der Waals surface area (Å²) in [5.74, 6) is 0.105. The summed E-state index contributed by atoms with van der Waals surface area (Å²) in [5, 5.41) is 8.94. The van der Waals surface area contributed by atoms with Crippen LogP contribution in [0.15, 0.2) is 29.2 Å². The summed E-state index contributed by atoms with van der Waals surface area (Å²) >= 11 is 1.40. The van der Waals surface area contributed by atoms with E-state index in [0.29, 0.717) is 18.3 Å². The van der Waals surface area contributed by atoms with Gasteiger partial charge in [-0.2, -0.15) is 0 Å². The van der Waals surface area contributed by atoms with E-state index < -0.39 is 0 Å². The maximum absolute atomic E-state index is 12.7. The van der Waals surface area contributed by atoms with Gasteiger partial charge in [0.25, 0.3) is 0 Å². The highest BCUT2D eigenvalue weighted by molar-refractivity contribution is 8.00. The number of nitrogens with zero attached hydrogens (tertiary/aromatic N) is 1. The standard InChI is InChI=1S/C13H16FNO2S/c14-10-1-5-12(6-2-10)18-9-13(17)15(7-8-16)11-3-4-11/h1-2,5-6,11,16H,3-4,7-9H2. The Labute approximate surface area is 110 Å². The molecule has 18 heavy (non-hydrogen) atoms. The Morgan fingerprint density at radius 2 is 2.06 bits per heavy atom. The van der Waals surface area contributed by atoms with Crippen LogP contribution in [0, 0.1) is 5.82 Å². The van der Waals surface area contributed by atoms with Crippen molar-refractivity contribution >= 4 is 17.7 Å². The predicted octanol–water partition coefficient (Wildman–Crippen LogP) is 1.90. The van der Waals surface area contributed by atoms with E-state index in [0.717, 1.165) is 17.7 Å². The van der Waals surface area contributed by atoms with Crippen molar-refractivity contribution in [3.8, 4) is 0 Å². The quantitative estimate of drug-likeness (QED) is 0.802. The Hall–Kier alpha value is -1.07. The molecule has 0 aliphatic heterocycles. The van der Waals surface area contributed by atoms with Gasteiger partial charge in [0.15, 0.2) is 0 Å². The molecule has 0 bridgehead atoms. The number of carbonyl (C=O) groups excluding carboxylic acids is 1. The average Bonchev–Trinajstić information content (AvgIpc) is 3.19. The van der Waals surface area contributed by atoms with Crippen LogP contribution in [0.2, 0.25) is 0 Å². The summed E-state index contributed by atoms with van der Waals surface area (Å²) in [7, 11) is 0. The second-order valence-electron chi connectivity index (χ2n) is 4.28. The van der Waals surface area contributed by atoms with Gasteiger partial charge in [-0.3, -0.25) is 4.79 Å². The minimum absolute atomic E-state index is 0.00343. The molecule has 0 unspecified atom stereocenters. The van der Waals surface area contributed by atoms with Gasteiger partial charge >= 0.3 is 0 Å². The van der Waals surface area contributed by atoms with Crippen LogP contribution in [-0.4, -0.2) is 40.9 Å². The highest BCUT2D eigenvalue weighted by Gasteiger charge is 2.31. The summed E-state index contributed by atoms with van der Waals surface area (Å²) in [6.07, 6.45) is 2.07. The molecule has 0 heterocycles. The maximum atomic E-state index is 12.7. The lowest BCUT2D eigenvalue weighted by Crippen LogP contribution is -2.36. The molecular weight excluding hydrogens is 253 g/mol. The van der Waals surface area contributed by atoms with Crippen molar-refractivity contribution in [2.75, 3.05) is 18.9 Å². The van der Waals surface area contributed by atoms with E-state index in [1.807, 2.05) is 0 Å². The van der Waals surface area contributed by atoms with Crippen molar-refractivity contribution in [2.45, 2.75) is 23.8 Å². The molecule has 0 spiro atoms. The van der Waals surface area contributed by atoms with Gasteiger partial charge in [0.2, 0.25) is 5.91 Å². The number of hydrogen-bond acceptors (Lipinski definition) is 3. The smallest absolute Gasteiger partial charge is 0.233 e. The lowest BCUT2D eigenvalue weighted by atomic mass is 10.4. The highest BCUT2D eigenvalue weighted by Crippen LogP contribution is 2.28. The zero-order valence-corrected chi connectivity index (χ0v) is 10.8. The fourth-order valence-electron chi connectivity index (χ4n) is 1.76. The summed E-state index contributed by atoms with van der Waals surface area (Å²) < 4.78 is 12.7. The number of carbonyl (C=O) groups is 1. The number of hydrogen-bond donors (Lipinski definition) is 1. The van der Waals surface area contributed by atoms with Crippen molar-refractivity contribution in [3.05, 3.63) is 30.1 Å². The normalized spacial score (nSPS) is 14.6. The zero-order valence-electron chi connectivity index (χ0n) is 10.0. The van der Waals surface area contributed by atoms with Crippen LogP contribution in [0.4, 0.5) is 4.39 Å². The van der Waals surface area contributed by atoms with Crippen LogP contribution < -0.4 is 0 Å². The van der Waals surface area contributed by atoms with Gasteiger partial charge in [0.1, 0.15) is 5.82 Å². The molecule has 1 aromatic rings. The largest absolute Gasteiger partial charge is 0.395 e. The molecule has 1 N–H and O–H groups in total. The summed E-state index contributed by atoms with van der Waals surface area (Å²) in [4.78, 5) is 14.6. The Morgan fingerprint density at radius 3 is 2.61 bits per heavy atom. The Kier molecular flexibility index (Phi) is 4.60.